The van der Waals surface area contributed by atoms with E-state index in [1.54, 1.807) is 0 Å². The molecule has 2 N–H and O–H groups in total. The smallest absolute Gasteiger partial charge is 0.404 e. The highest BCUT2D eigenvalue weighted by Gasteiger charge is 2.38. The van der Waals surface area contributed by atoms with Gasteiger partial charge in [-0.1, -0.05) is 60.7 Å². The largest absolute Gasteiger partial charge is 0.465 e. The molecule has 0 fully saturated rings. The number of carbonyl (C=O) groups is 3. The lowest BCUT2D eigenvalue weighted by Gasteiger charge is -2.15. The number of nitrogens with one attached hydrogen (secondary N) is 1. The zero-order valence-electron chi connectivity index (χ0n) is 14.7. The van der Waals surface area contributed by atoms with Crippen LogP contribution in [0, 0.1) is 0 Å². The van der Waals surface area contributed by atoms with Crippen molar-refractivity contribution in [3.8, 4) is 0 Å². The van der Waals surface area contributed by atoms with Gasteiger partial charge < -0.3 is 10.4 Å². The molecule has 3 rings (SSSR count). The molecule has 6 heteroatoms. The van der Waals surface area contributed by atoms with Gasteiger partial charge in [-0.25, -0.2) is 4.79 Å². The molecule has 27 heavy (non-hydrogen) atoms. The Kier molecular flexibility index (Phi) is 5.66. The van der Waals surface area contributed by atoms with Crippen molar-refractivity contribution in [1.29, 1.82) is 0 Å². The number of rotatable bonds is 7. The highest BCUT2D eigenvalue weighted by atomic mass is 16.4. The van der Waals surface area contributed by atoms with E-state index >= 15 is 0 Å². The van der Waals surface area contributed by atoms with Crippen molar-refractivity contribution in [2.24, 2.45) is 0 Å². The molecular formula is C21H20N2O4. The third-order valence-electron chi connectivity index (χ3n) is 4.38. The first-order valence-electron chi connectivity index (χ1n) is 8.77. The van der Waals surface area contributed by atoms with E-state index in [1.807, 2.05) is 60.7 Å². The van der Waals surface area contributed by atoms with Crippen LogP contribution in [0.3, 0.4) is 0 Å². The minimum atomic E-state index is -1.08. The Morgan fingerprint density at radius 3 is 1.74 bits per heavy atom. The molecule has 6 nitrogen and oxygen atoms in total. The van der Waals surface area contributed by atoms with Gasteiger partial charge in [0.25, 0.3) is 11.8 Å². The molecule has 0 bridgehead atoms. The van der Waals surface area contributed by atoms with Crippen LogP contribution in [0.4, 0.5) is 4.79 Å². The normalized spacial score (nSPS) is 14.0. The molecule has 0 saturated heterocycles. The van der Waals surface area contributed by atoms with Crippen molar-refractivity contribution >= 4 is 29.1 Å². The summed E-state index contributed by atoms with van der Waals surface area (Å²) in [5, 5.41) is 10.9. The first-order chi connectivity index (χ1) is 13.1. The lowest BCUT2D eigenvalue weighted by atomic mass is 9.96. The van der Waals surface area contributed by atoms with E-state index in [0.717, 1.165) is 0 Å². The molecule has 1 aliphatic heterocycles. The summed E-state index contributed by atoms with van der Waals surface area (Å²) >= 11 is 0. The van der Waals surface area contributed by atoms with Crippen LogP contribution in [0.25, 0.3) is 11.1 Å². The van der Waals surface area contributed by atoms with Crippen molar-refractivity contribution in [2.45, 2.75) is 12.8 Å². The number of nitrogens with zero attached hydrogens (tertiary/aromatic N) is 1. The monoisotopic (exact) mass is 364 g/mol. The molecule has 0 saturated carbocycles. The van der Waals surface area contributed by atoms with Crippen LogP contribution >= 0.6 is 0 Å². The van der Waals surface area contributed by atoms with E-state index in [-0.39, 0.29) is 24.9 Å². The van der Waals surface area contributed by atoms with Crippen LogP contribution in [0.2, 0.25) is 0 Å². The van der Waals surface area contributed by atoms with Crippen LogP contribution in [0.5, 0.6) is 0 Å². The van der Waals surface area contributed by atoms with Gasteiger partial charge in [-0.2, -0.15) is 0 Å². The Bertz CT molecular complexity index is 814. The van der Waals surface area contributed by atoms with Crippen LogP contribution < -0.4 is 5.32 Å². The number of imide groups is 1. The molecule has 2 aromatic rings. The minimum absolute atomic E-state index is 0.256. The Balaban J connectivity index is 1.85. The first-order valence-corrected chi connectivity index (χ1v) is 8.77. The van der Waals surface area contributed by atoms with Gasteiger partial charge in [0.2, 0.25) is 0 Å². The summed E-state index contributed by atoms with van der Waals surface area (Å²) in [7, 11) is 0. The Morgan fingerprint density at radius 2 is 1.30 bits per heavy atom. The number of hydrogen-bond donors (Lipinski definition) is 2. The highest BCUT2D eigenvalue weighted by Crippen LogP contribution is 2.35. The van der Waals surface area contributed by atoms with Crippen LogP contribution in [0.1, 0.15) is 24.0 Å². The van der Waals surface area contributed by atoms with Crippen LogP contribution in [0.15, 0.2) is 60.7 Å². The number of benzene rings is 2. The molecule has 138 valence electrons. The van der Waals surface area contributed by atoms with Crippen LogP contribution in [-0.4, -0.2) is 41.0 Å². The fraction of sp³-hybridized carbons (Fsp3) is 0.190. The maximum atomic E-state index is 13.0. The number of amides is 3. The van der Waals surface area contributed by atoms with E-state index in [1.165, 1.54) is 4.90 Å². The first kappa shape index (κ1) is 18.4. The topological polar surface area (TPSA) is 86.7 Å². The van der Waals surface area contributed by atoms with Gasteiger partial charge in [-0.3, -0.25) is 14.5 Å². The van der Waals surface area contributed by atoms with Gasteiger partial charge in [-0.05, 0) is 24.0 Å². The molecular weight excluding hydrogens is 344 g/mol. The van der Waals surface area contributed by atoms with E-state index in [4.69, 9.17) is 5.11 Å². The zero-order valence-corrected chi connectivity index (χ0v) is 14.7. The Labute approximate surface area is 157 Å². The predicted octanol–water partition coefficient (Wildman–Crippen LogP) is 3.01. The third kappa shape index (κ3) is 4.06. The van der Waals surface area contributed by atoms with E-state index in [2.05, 4.69) is 5.32 Å². The van der Waals surface area contributed by atoms with E-state index in [0.29, 0.717) is 35.1 Å². The van der Waals surface area contributed by atoms with Crippen molar-refractivity contribution < 1.29 is 19.5 Å². The van der Waals surface area contributed by atoms with Crippen molar-refractivity contribution in [2.75, 3.05) is 13.1 Å². The molecule has 0 aromatic heterocycles. The summed E-state index contributed by atoms with van der Waals surface area (Å²) in [5.41, 5.74) is 2.25. The van der Waals surface area contributed by atoms with Gasteiger partial charge in [0, 0.05) is 13.1 Å². The van der Waals surface area contributed by atoms with Crippen molar-refractivity contribution in [1.82, 2.24) is 10.2 Å². The van der Waals surface area contributed by atoms with Crippen LogP contribution in [-0.2, 0) is 9.59 Å². The van der Waals surface area contributed by atoms with E-state index in [9.17, 15) is 14.4 Å². The summed E-state index contributed by atoms with van der Waals surface area (Å²) in [5.74, 6) is -0.618. The molecule has 0 atom stereocenters. The Hall–Kier alpha value is -3.41. The third-order valence-corrected chi connectivity index (χ3v) is 4.38. The summed E-state index contributed by atoms with van der Waals surface area (Å²) in [6.45, 7) is 0.543. The highest BCUT2D eigenvalue weighted by molar-refractivity contribution is 6.48. The average molecular weight is 364 g/mol. The van der Waals surface area contributed by atoms with Gasteiger partial charge in [0.05, 0.1) is 11.1 Å². The van der Waals surface area contributed by atoms with Gasteiger partial charge in [-0.15, -0.1) is 0 Å². The van der Waals surface area contributed by atoms with Crippen molar-refractivity contribution in [3.63, 3.8) is 0 Å². The standard InChI is InChI=1S/C21H20N2O4/c24-19-17(15-9-3-1-4-10-15)18(16-11-5-2-6-12-16)20(25)23(19)14-8-7-13-22-21(26)27/h1-6,9-12,22H,7-8,13-14H2,(H,26,27). The van der Waals surface area contributed by atoms with Crippen molar-refractivity contribution in [3.05, 3.63) is 71.8 Å². The minimum Gasteiger partial charge on any atom is -0.465 e. The SMILES string of the molecule is O=C(O)NCCCCN1C(=O)C(c2ccccc2)=C(c2ccccc2)C1=O. The average Bonchev–Trinajstić information content (AvgIpc) is 2.93. The molecule has 0 radical (unpaired) electrons. The lowest BCUT2D eigenvalue weighted by molar-refractivity contribution is -0.136. The van der Waals surface area contributed by atoms with Gasteiger partial charge in [0.1, 0.15) is 0 Å². The summed E-state index contributed by atoms with van der Waals surface area (Å²) in [6, 6.07) is 18.4. The quantitative estimate of drug-likeness (QED) is 0.584. The molecule has 2 aromatic carbocycles. The second-order valence-electron chi connectivity index (χ2n) is 6.18. The predicted molar refractivity (Wildman–Crippen MR) is 102 cm³/mol. The molecule has 0 aliphatic carbocycles. The zero-order chi connectivity index (χ0) is 19.2. The van der Waals surface area contributed by atoms with E-state index < -0.39 is 6.09 Å². The molecule has 0 spiro atoms. The number of carbonyl (C=O) groups excluding carboxylic acids is 2. The second-order valence-corrected chi connectivity index (χ2v) is 6.18. The lowest BCUT2D eigenvalue weighted by Crippen LogP contribution is -2.33. The summed E-state index contributed by atoms with van der Waals surface area (Å²) in [4.78, 5) is 37.8. The maximum absolute atomic E-state index is 13.0. The number of hydrogen-bond acceptors (Lipinski definition) is 3. The second kappa shape index (κ2) is 8.31. The molecule has 1 aliphatic rings. The summed E-state index contributed by atoms with van der Waals surface area (Å²) < 4.78 is 0. The Morgan fingerprint density at radius 1 is 0.815 bits per heavy atom. The number of carboxylic acid groups (broad SMARTS) is 1. The van der Waals surface area contributed by atoms with Gasteiger partial charge in [0.15, 0.2) is 0 Å². The fourth-order valence-electron chi connectivity index (χ4n) is 3.11. The maximum Gasteiger partial charge on any atom is 0.404 e. The number of unbranched alkanes of at least 4 members (excludes halogenated alkanes) is 1. The fourth-order valence-corrected chi connectivity index (χ4v) is 3.11. The van der Waals surface area contributed by atoms with Gasteiger partial charge >= 0.3 is 6.09 Å². The molecule has 0 unspecified atom stereocenters. The molecule has 3 amide bonds. The molecule has 1 heterocycles. The summed E-state index contributed by atoms with van der Waals surface area (Å²) in [6.07, 6.45) is -0.00482.